The summed E-state index contributed by atoms with van der Waals surface area (Å²) in [5.41, 5.74) is 0.808. The Morgan fingerprint density at radius 2 is 1.90 bits per heavy atom. The molecule has 0 spiro atoms. The van der Waals surface area contributed by atoms with Crippen LogP contribution in [0.1, 0.15) is 59.9 Å². The second kappa shape index (κ2) is 7.91. The van der Waals surface area contributed by atoms with E-state index in [2.05, 4.69) is 19.2 Å². The zero-order chi connectivity index (χ0) is 21.6. The fraction of sp³-hybridized carbons (Fsp3) is 0.682. The van der Waals surface area contributed by atoms with E-state index in [1.807, 2.05) is 39.5 Å². The Morgan fingerprint density at radius 3 is 2.48 bits per heavy atom. The lowest BCUT2D eigenvalue weighted by Crippen LogP contribution is -2.41. The van der Waals surface area contributed by atoms with Gasteiger partial charge < -0.3 is 19.5 Å². The number of amides is 2. The van der Waals surface area contributed by atoms with E-state index in [1.54, 1.807) is 0 Å². The zero-order valence-electron chi connectivity index (χ0n) is 18.8. The van der Waals surface area contributed by atoms with Gasteiger partial charge in [-0.15, -0.1) is 0 Å². The van der Waals surface area contributed by atoms with E-state index in [9.17, 15) is 9.18 Å². The van der Waals surface area contributed by atoms with E-state index in [1.165, 1.54) is 12.1 Å². The van der Waals surface area contributed by atoms with Gasteiger partial charge in [-0.2, -0.15) is 0 Å². The molecule has 0 saturated carbocycles. The third-order valence-corrected chi connectivity index (χ3v) is 6.54. The monoisotopic (exact) mass is 404 g/mol. The van der Waals surface area contributed by atoms with Crippen molar-refractivity contribution in [2.75, 3.05) is 18.4 Å². The van der Waals surface area contributed by atoms with E-state index in [4.69, 9.17) is 9.31 Å². The summed E-state index contributed by atoms with van der Waals surface area (Å²) in [4.78, 5) is 14.6. The summed E-state index contributed by atoms with van der Waals surface area (Å²) < 4.78 is 26.6. The number of carbonyl (C=O) groups is 1. The van der Waals surface area contributed by atoms with Gasteiger partial charge in [-0.1, -0.05) is 13.8 Å². The third kappa shape index (κ3) is 4.61. The molecule has 29 heavy (non-hydrogen) atoms. The molecule has 1 aromatic rings. The summed E-state index contributed by atoms with van der Waals surface area (Å²) in [5, 5.41) is 2.91. The smallest absolute Gasteiger partial charge is 0.399 e. The third-order valence-electron chi connectivity index (χ3n) is 6.54. The van der Waals surface area contributed by atoms with E-state index in [0.717, 1.165) is 31.5 Å². The molecule has 1 atom stereocenters. The molecule has 2 aliphatic heterocycles. The molecule has 2 amide bonds. The van der Waals surface area contributed by atoms with Crippen LogP contribution in [0.15, 0.2) is 12.1 Å². The van der Waals surface area contributed by atoms with Crippen LogP contribution in [0, 0.1) is 24.6 Å². The lowest BCUT2D eigenvalue weighted by Gasteiger charge is -2.32. The largest absolute Gasteiger partial charge is 0.495 e. The van der Waals surface area contributed by atoms with Crippen LogP contribution in [0.25, 0.3) is 0 Å². The van der Waals surface area contributed by atoms with Crippen molar-refractivity contribution in [3.8, 4) is 0 Å². The Morgan fingerprint density at radius 1 is 1.28 bits per heavy atom. The molecule has 1 aromatic carbocycles. The molecule has 0 radical (unpaired) electrons. The fourth-order valence-electron chi connectivity index (χ4n) is 4.12. The second-order valence-electron chi connectivity index (χ2n) is 9.92. The molecular weight excluding hydrogens is 370 g/mol. The van der Waals surface area contributed by atoms with Crippen molar-refractivity contribution in [3.63, 3.8) is 0 Å². The first kappa shape index (κ1) is 22.1. The van der Waals surface area contributed by atoms with E-state index < -0.39 is 24.1 Å². The number of carbonyl (C=O) groups excluding carboxylic acids is 1. The van der Waals surface area contributed by atoms with Crippen LogP contribution < -0.4 is 10.8 Å². The molecule has 2 heterocycles. The van der Waals surface area contributed by atoms with Gasteiger partial charge in [0.15, 0.2) is 0 Å². The summed E-state index contributed by atoms with van der Waals surface area (Å²) in [6.45, 7) is 15.6. The summed E-state index contributed by atoms with van der Waals surface area (Å²) in [5.74, 6) is 0.736. The Kier molecular flexibility index (Phi) is 6.03. The highest BCUT2D eigenvalue weighted by atomic mass is 19.1. The minimum Gasteiger partial charge on any atom is -0.399 e. The molecule has 1 N–H and O–H groups in total. The van der Waals surface area contributed by atoms with Crippen molar-refractivity contribution in [2.45, 2.75) is 72.5 Å². The Balaban J connectivity index is 1.75. The predicted molar refractivity (Wildman–Crippen MR) is 115 cm³/mol. The SMILES string of the molecule is Cc1c(NC(=O)N2CC[C@@H](CC(C)C)C2)cc(F)cc1B1OC(C)(C)C(C)(C)O1. The predicted octanol–water partition coefficient (Wildman–Crippen LogP) is 4.33. The van der Waals surface area contributed by atoms with Crippen molar-refractivity contribution in [1.29, 1.82) is 0 Å². The second-order valence-corrected chi connectivity index (χ2v) is 9.92. The van der Waals surface area contributed by atoms with Gasteiger partial charge >= 0.3 is 13.1 Å². The normalized spacial score (nSPS) is 23.1. The van der Waals surface area contributed by atoms with E-state index in [-0.39, 0.29) is 6.03 Å². The van der Waals surface area contributed by atoms with Gasteiger partial charge in [0, 0.05) is 18.8 Å². The number of nitrogens with one attached hydrogen (secondary N) is 1. The van der Waals surface area contributed by atoms with Gasteiger partial charge in [-0.3, -0.25) is 0 Å². The summed E-state index contributed by atoms with van der Waals surface area (Å²) in [7, 11) is -0.673. The zero-order valence-corrected chi connectivity index (χ0v) is 18.8. The fourth-order valence-corrected chi connectivity index (χ4v) is 4.12. The van der Waals surface area contributed by atoms with Gasteiger partial charge in [-0.05, 0) is 82.5 Å². The highest BCUT2D eigenvalue weighted by Crippen LogP contribution is 2.37. The van der Waals surface area contributed by atoms with Crippen LogP contribution in [-0.2, 0) is 9.31 Å². The molecule has 0 aromatic heterocycles. The number of rotatable bonds is 4. The van der Waals surface area contributed by atoms with E-state index >= 15 is 0 Å². The summed E-state index contributed by atoms with van der Waals surface area (Å²) >= 11 is 0. The first-order valence-electron chi connectivity index (χ1n) is 10.6. The van der Waals surface area contributed by atoms with Gasteiger partial charge in [0.2, 0.25) is 0 Å². The molecule has 0 aliphatic carbocycles. The minimum absolute atomic E-state index is 0.176. The molecular formula is C22H34BFN2O3. The maximum atomic E-state index is 14.4. The van der Waals surface area contributed by atoms with Gasteiger partial charge in [-0.25, -0.2) is 9.18 Å². The molecule has 160 valence electrons. The molecule has 2 saturated heterocycles. The highest BCUT2D eigenvalue weighted by molar-refractivity contribution is 6.62. The first-order valence-corrected chi connectivity index (χ1v) is 10.6. The number of anilines is 1. The lowest BCUT2D eigenvalue weighted by atomic mass is 9.75. The van der Waals surface area contributed by atoms with Crippen LogP contribution in [0.5, 0.6) is 0 Å². The van der Waals surface area contributed by atoms with Gasteiger partial charge in [0.1, 0.15) is 5.82 Å². The van der Waals surface area contributed by atoms with Gasteiger partial charge in [0.25, 0.3) is 0 Å². The summed E-state index contributed by atoms with van der Waals surface area (Å²) in [6, 6.07) is 2.62. The van der Waals surface area contributed by atoms with Gasteiger partial charge in [0.05, 0.1) is 11.2 Å². The van der Waals surface area contributed by atoms with Crippen LogP contribution in [-0.4, -0.2) is 42.3 Å². The number of halogens is 1. The average molecular weight is 404 g/mol. The topological polar surface area (TPSA) is 50.8 Å². The van der Waals surface area contributed by atoms with E-state index in [0.29, 0.717) is 23.0 Å². The number of urea groups is 1. The van der Waals surface area contributed by atoms with Crippen molar-refractivity contribution in [3.05, 3.63) is 23.5 Å². The Hall–Kier alpha value is -1.60. The first-order chi connectivity index (χ1) is 13.4. The minimum atomic E-state index is -0.673. The van der Waals surface area contributed by atoms with Crippen LogP contribution >= 0.6 is 0 Å². The maximum Gasteiger partial charge on any atom is 0.495 e. The average Bonchev–Trinajstić information content (AvgIpc) is 3.12. The van der Waals surface area contributed by atoms with Crippen LogP contribution in [0.4, 0.5) is 14.9 Å². The summed E-state index contributed by atoms with van der Waals surface area (Å²) in [6.07, 6.45) is 2.14. The quantitative estimate of drug-likeness (QED) is 0.760. The van der Waals surface area contributed by atoms with Crippen LogP contribution in [0.2, 0.25) is 0 Å². The molecule has 3 rings (SSSR count). The molecule has 0 bridgehead atoms. The molecule has 5 nitrogen and oxygen atoms in total. The lowest BCUT2D eigenvalue weighted by molar-refractivity contribution is 0.00578. The van der Waals surface area contributed by atoms with Crippen molar-refractivity contribution >= 4 is 24.3 Å². The number of likely N-dealkylation sites (tertiary alicyclic amines) is 1. The number of hydrogen-bond acceptors (Lipinski definition) is 3. The van der Waals surface area contributed by atoms with Crippen molar-refractivity contribution < 1.29 is 18.5 Å². The molecule has 2 fully saturated rings. The number of hydrogen-bond donors (Lipinski definition) is 1. The molecule has 2 aliphatic rings. The number of nitrogens with zero attached hydrogens (tertiary/aromatic N) is 1. The van der Waals surface area contributed by atoms with Crippen LogP contribution in [0.3, 0.4) is 0 Å². The Labute approximate surface area is 174 Å². The Bertz CT molecular complexity index is 766. The molecule has 7 heteroatoms. The number of benzene rings is 1. The molecule has 0 unspecified atom stereocenters. The van der Waals surface area contributed by atoms with Crippen molar-refractivity contribution in [1.82, 2.24) is 4.90 Å². The highest BCUT2D eigenvalue weighted by Gasteiger charge is 2.52. The standard InChI is InChI=1S/C22H34BFN2O3/c1-14(2)10-16-8-9-26(13-16)20(27)25-19-12-17(24)11-18(15(19)3)23-28-21(4,5)22(6,7)29-23/h11-12,14,16H,8-10,13H2,1-7H3,(H,25,27)/t16-/m0/s1. The maximum absolute atomic E-state index is 14.4. The van der Waals surface area contributed by atoms with Crippen molar-refractivity contribution in [2.24, 2.45) is 11.8 Å².